The van der Waals surface area contributed by atoms with E-state index in [0.29, 0.717) is 11.3 Å². The molecule has 0 aliphatic heterocycles. The monoisotopic (exact) mass is 305 g/mol. The van der Waals surface area contributed by atoms with Gasteiger partial charge < -0.3 is 5.73 Å². The first-order valence-corrected chi connectivity index (χ1v) is 7.37. The Morgan fingerprint density at radius 3 is 2.56 bits per heavy atom. The van der Waals surface area contributed by atoms with Crippen molar-refractivity contribution in [3.63, 3.8) is 0 Å². The number of thioether (sulfide) groups is 1. The van der Waals surface area contributed by atoms with Gasteiger partial charge in [0, 0.05) is 11.8 Å². The minimum Gasteiger partial charge on any atom is -0.322 e. The fourth-order valence-electron chi connectivity index (χ4n) is 1.48. The Morgan fingerprint density at radius 1 is 1.44 bits per heavy atom. The van der Waals surface area contributed by atoms with Crippen molar-refractivity contribution in [1.29, 1.82) is 0 Å². The zero-order valence-electron chi connectivity index (χ0n) is 10.3. The number of nitrogens with zero attached hydrogens (tertiary/aromatic N) is 2. The van der Waals surface area contributed by atoms with Crippen molar-refractivity contribution in [3.05, 3.63) is 16.4 Å². The van der Waals surface area contributed by atoms with Crippen molar-refractivity contribution in [2.24, 2.45) is 5.73 Å². The van der Waals surface area contributed by atoms with E-state index in [-0.39, 0.29) is 6.04 Å². The van der Waals surface area contributed by atoms with Crippen LogP contribution in [-0.2, 0) is 0 Å². The second kappa shape index (κ2) is 6.07. The first kappa shape index (κ1) is 14.1. The van der Waals surface area contributed by atoms with Crippen LogP contribution in [0.15, 0.2) is 10.7 Å². The largest absolute Gasteiger partial charge is 0.322 e. The maximum Gasteiger partial charge on any atom is 0.0704 e. The van der Waals surface area contributed by atoms with Crippen LogP contribution in [0.25, 0.3) is 0 Å². The molecular formula is C11H20BrN3S. The van der Waals surface area contributed by atoms with Crippen LogP contribution < -0.4 is 5.73 Å². The molecule has 5 heteroatoms. The molecular weight excluding hydrogens is 286 g/mol. The van der Waals surface area contributed by atoms with Gasteiger partial charge >= 0.3 is 0 Å². The summed E-state index contributed by atoms with van der Waals surface area (Å²) in [5, 5.41) is 4.96. The Labute approximate surface area is 110 Å². The number of halogens is 1. The third-order valence-corrected chi connectivity index (χ3v) is 4.07. The van der Waals surface area contributed by atoms with Gasteiger partial charge in [0.1, 0.15) is 0 Å². The molecule has 16 heavy (non-hydrogen) atoms. The fraction of sp³-hybridized carbons (Fsp3) is 0.727. The predicted molar refractivity (Wildman–Crippen MR) is 74.8 cm³/mol. The van der Waals surface area contributed by atoms with E-state index in [1.165, 1.54) is 0 Å². The Bertz CT molecular complexity index is 336. The normalized spacial score (nSPS) is 13.8. The van der Waals surface area contributed by atoms with E-state index >= 15 is 0 Å². The molecule has 0 aromatic carbocycles. The first-order chi connectivity index (χ1) is 7.43. The standard InChI is InChI=1S/C11H20BrN3S/c1-7(2)15-11(9(12)5-14-15)10(13)6-16-8(3)4/h5,7-8,10H,6,13H2,1-4H3. The van der Waals surface area contributed by atoms with E-state index in [1.54, 1.807) is 0 Å². The van der Waals surface area contributed by atoms with Crippen LogP contribution in [-0.4, -0.2) is 20.8 Å². The Morgan fingerprint density at radius 2 is 2.06 bits per heavy atom. The Balaban J connectivity index is 2.81. The van der Waals surface area contributed by atoms with Gasteiger partial charge in [-0.05, 0) is 35.0 Å². The lowest BCUT2D eigenvalue weighted by atomic mass is 10.2. The van der Waals surface area contributed by atoms with Crippen molar-refractivity contribution >= 4 is 27.7 Å². The predicted octanol–water partition coefficient (Wildman–Crippen LogP) is 3.37. The van der Waals surface area contributed by atoms with Crippen LogP contribution in [0.1, 0.15) is 45.5 Å². The molecule has 0 spiro atoms. The number of hydrogen-bond acceptors (Lipinski definition) is 3. The molecule has 1 unspecified atom stereocenters. The molecule has 0 bridgehead atoms. The summed E-state index contributed by atoms with van der Waals surface area (Å²) in [4.78, 5) is 0. The quantitative estimate of drug-likeness (QED) is 0.907. The number of rotatable bonds is 5. The molecule has 0 amide bonds. The lowest BCUT2D eigenvalue weighted by Crippen LogP contribution is -2.20. The number of hydrogen-bond donors (Lipinski definition) is 1. The molecule has 3 nitrogen and oxygen atoms in total. The minimum absolute atomic E-state index is 0.0340. The molecule has 1 aromatic heterocycles. The summed E-state index contributed by atoms with van der Waals surface area (Å²) in [7, 11) is 0. The van der Waals surface area contributed by atoms with Gasteiger partial charge in [0.2, 0.25) is 0 Å². The summed E-state index contributed by atoms with van der Waals surface area (Å²) in [6.45, 7) is 8.61. The van der Waals surface area contributed by atoms with Crippen LogP contribution >= 0.6 is 27.7 Å². The molecule has 2 N–H and O–H groups in total. The molecule has 1 rings (SSSR count). The van der Waals surface area contributed by atoms with Gasteiger partial charge in [0.05, 0.1) is 22.4 Å². The molecule has 0 aliphatic carbocycles. The molecule has 0 radical (unpaired) electrons. The molecule has 0 saturated heterocycles. The van der Waals surface area contributed by atoms with Crippen LogP contribution in [0, 0.1) is 0 Å². The van der Waals surface area contributed by atoms with Gasteiger partial charge in [-0.25, -0.2) is 0 Å². The van der Waals surface area contributed by atoms with Crippen LogP contribution in [0.3, 0.4) is 0 Å². The van der Waals surface area contributed by atoms with Gasteiger partial charge in [-0.15, -0.1) is 0 Å². The lowest BCUT2D eigenvalue weighted by Gasteiger charge is -2.18. The van der Waals surface area contributed by atoms with E-state index in [9.17, 15) is 0 Å². The van der Waals surface area contributed by atoms with Gasteiger partial charge in [-0.2, -0.15) is 16.9 Å². The van der Waals surface area contributed by atoms with E-state index in [1.807, 2.05) is 22.6 Å². The highest BCUT2D eigenvalue weighted by atomic mass is 79.9. The molecule has 0 fully saturated rings. The van der Waals surface area contributed by atoms with Gasteiger partial charge in [0.15, 0.2) is 0 Å². The summed E-state index contributed by atoms with van der Waals surface area (Å²) in [5.74, 6) is 0.925. The highest BCUT2D eigenvalue weighted by Gasteiger charge is 2.18. The highest BCUT2D eigenvalue weighted by Crippen LogP contribution is 2.27. The Hall–Kier alpha value is 0. The van der Waals surface area contributed by atoms with Gasteiger partial charge in [-0.3, -0.25) is 4.68 Å². The average molecular weight is 306 g/mol. The van der Waals surface area contributed by atoms with E-state index in [2.05, 4.69) is 48.7 Å². The summed E-state index contributed by atoms with van der Waals surface area (Å²) < 4.78 is 3.01. The van der Waals surface area contributed by atoms with Crippen LogP contribution in [0.4, 0.5) is 0 Å². The summed E-state index contributed by atoms with van der Waals surface area (Å²) in [5.41, 5.74) is 7.32. The maximum absolute atomic E-state index is 6.22. The molecule has 1 atom stereocenters. The molecule has 0 saturated carbocycles. The summed E-state index contributed by atoms with van der Waals surface area (Å²) in [6, 6.07) is 0.378. The maximum atomic E-state index is 6.22. The number of aromatic nitrogens is 2. The van der Waals surface area contributed by atoms with Crippen molar-refractivity contribution in [2.45, 2.75) is 45.0 Å². The molecule has 92 valence electrons. The van der Waals surface area contributed by atoms with E-state index in [0.717, 1.165) is 15.9 Å². The van der Waals surface area contributed by atoms with E-state index in [4.69, 9.17) is 5.73 Å². The van der Waals surface area contributed by atoms with Gasteiger partial charge in [-0.1, -0.05) is 13.8 Å². The van der Waals surface area contributed by atoms with Crippen molar-refractivity contribution < 1.29 is 0 Å². The Kier molecular flexibility index (Phi) is 5.34. The van der Waals surface area contributed by atoms with E-state index < -0.39 is 0 Å². The van der Waals surface area contributed by atoms with Crippen molar-refractivity contribution in [3.8, 4) is 0 Å². The van der Waals surface area contributed by atoms with Crippen molar-refractivity contribution in [2.75, 3.05) is 5.75 Å². The second-order valence-electron chi connectivity index (χ2n) is 4.40. The van der Waals surface area contributed by atoms with Crippen LogP contribution in [0.2, 0.25) is 0 Å². The van der Waals surface area contributed by atoms with Crippen LogP contribution in [0.5, 0.6) is 0 Å². The summed E-state index contributed by atoms with van der Waals surface area (Å²) in [6.07, 6.45) is 1.83. The zero-order chi connectivity index (χ0) is 12.3. The van der Waals surface area contributed by atoms with Gasteiger partial charge in [0.25, 0.3) is 0 Å². The third-order valence-electron chi connectivity index (χ3n) is 2.24. The minimum atomic E-state index is 0.0340. The number of nitrogens with two attached hydrogens (primary N) is 1. The lowest BCUT2D eigenvalue weighted by molar-refractivity contribution is 0.494. The zero-order valence-corrected chi connectivity index (χ0v) is 12.7. The molecule has 1 heterocycles. The van der Waals surface area contributed by atoms with Crippen molar-refractivity contribution in [1.82, 2.24) is 9.78 Å². The average Bonchev–Trinajstić information content (AvgIpc) is 2.56. The topological polar surface area (TPSA) is 43.8 Å². The first-order valence-electron chi connectivity index (χ1n) is 5.53. The molecule has 0 aliphatic rings. The third kappa shape index (κ3) is 3.50. The SMILES string of the molecule is CC(C)SCC(N)c1c(Br)cnn1C(C)C. The highest BCUT2D eigenvalue weighted by molar-refractivity contribution is 9.10. The second-order valence-corrected chi connectivity index (χ2v) is 6.87. The smallest absolute Gasteiger partial charge is 0.0704 e. The molecule has 1 aromatic rings. The fourth-order valence-corrected chi connectivity index (χ4v) is 2.80. The summed E-state index contributed by atoms with van der Waals surface area (Å²) >= 11 is 5.40.